The summed E-state index contributed by atoms with van der Waals surface area (Å²) in [7, 11) is 1.75. The third-order valence-corrected chi connectivity index (χ3v) is 4.87. The number of hydrogen-bond acceptors (Lipinski definition) is 6. The molecule has 1 aromatic heterocycles. The number of carbonyl (C=O) groups is 2. The third-order valence-electron chi connectivity index (χ3n) is 4.64. The highest BCUT2D eigenvalue weighted by Gasteiger charge is 2.48. The number of nitrogens with zero attached hydrogens (tertiary/aromatic N) is 3. The first-order valence-electron chi connectivity index (χ1n) is 8.50. The van der Waals surface area contributed by atoms with Gasteiger partial charge in [0.1, 0.15) is 0 Å². The van der Waals surface area contributed by atoms with Gasteiger partial charge < -0.3 is 14.4 Å². The number of carbonyl (C=O) groups excluding carboxylic acids is 2. The first-order valence-corrected chi connectivity index (χ1v) is 8.88. The first-order chi connectivity index (χ1) is 13.5. The largest absolute Gasteiger partial charge is 0.503 e. The number of amides is 1. The Bertz CT molecular complexity index is 1030. The predicted octanol–water partition coefficient (Wildman–Crippen LogP) is 3.32. The second-order valence-electron chi connectivity index (χ2n) is 6.39. The highest BCUT2D eigenvalue weighted by atomic mass is 35.5. The van der Waals surface area contributed by atoms with Gasteiger partial charge in [-0.15, -0.1) is 0 Å². The summed E-state index contributed by atoms with van der Waals surface area (Å²) in [6, 6.07) is 8.99. The summed E-state index contributed by atoms with van der Waals surface area (Å²) in [5.41, 5.74) is 0.512. The van der Waals surface area contributed by atoms with Crippen LogP contribution in [0, 0.1) is 0 Å². The fourth-order valence-electron chi connectivity index (χ4n) is 3.39. The van der Waals surface area contributed by atoms with Crippen LogP contribution in [0.15, 0.2) is 75.7 Å². The molecule has 3 heterocycles. The zero-order valence-corrected chi connectivity index (χ0v) is 15.6. The van der Waals surface area contributed by atoms with E-state index < -0.39 is 29.8 Å². The number of allylic oxidation sites excluding steroid dienone is 1. The van der Waals surface area contributed by atoms with Gasteiger partial charge >= 0.3 is 0 Å². The molecule has 8 heteroatoms. The molecule has 1 aromatic carbocycles. The van der Waals surface area contributed by atoms with Crippen molar-refractivity contribution >= 4 is 29.5 Å². The summed E-state index contributed by atoms with van der Waals surface area (Å²) < 4.78 is 5.20. The van der Waals surface area contributed by atoms with E-state index >= 15 is 0 Å². The number of rotatable bonds is 4. The highest BCUT2D eigenvalue weighted by molar-refractivity contribution is 6.30. The van der Waals surface area contributed by atoms with E-state index in [9.17, 15) is 14.7 Å². The molecule has 28 heavy (non-hydrogen) atoms. The van der Waals surface area contributed by atoms with E-state index in [1.165, 1.54) is 17.2 Å². The minimum atomic E-state index is -0.875. The SMILES string of the molecule is CN1C=CC=NC1N1C(=O)C(O)=C(C(=O)c2ccco2)C1c1cccc(Cl)c1. The van der Waals surface area contributed by atoms with E-state index in [0.717, 1.165) is 0 Å². The second-order valence-corrected chi connectivity index (χ2v) is 6.83. The number of halogens is 1. The van der Waals surface area contributed by atoms with E-state index in [1.807, 2.05) is 0 Å². The molecule has 2 aromatic rings. The van der Waals surface area contributed by atoms with E-state index in [1.54, 1.807) is 60.8 Å². The fraction of sp³-hybridized carbons (Fsp3) is 0.150. The molecule has 0 saturated heterocycles. The first kappa shape index (κ1) is 18.1. The fourth-order valence-corrected chi connectivity index (χ4v) is 3.59. The monoisotopic (exact) mass is 397 g/mol. The molecule has 1 N–H and O–H groups in total. The molecule has 4 rings (SSSR count). The van der Waals surface area contributed by atoms with Crippen LogP contribution in [0.2, 0.25) is 5.02 Å². The van der Waals surface area contributed by atoms with Gasteiger partial charge in [0, 0.05) is 24.5 Å². The highest BCUT2D eigenvalue weighted by Crippen LogP contribution is 2.41. The van der Waals surface area contributed by atoms with Crippen molar-refractivity contribution in [1.29, 1.82) is 0 Å². The number of ketones is 1. The van der Waals surface area contributed by atoms with Crippen LogP contribution in [0.25, 0.3) is 0 Å². The summed E-state index contributed by atoms with van der Waals surface area (Å²) in [5, 5.41) is 11.1. The van der Waals surface area contributed by atoms with Crippen molar-refractivity contribution in [3.63, 3.8) is 0 Å². The number of aliphatic hydroxyl groups is 1. The third kappa shape index (κ3) is 2.90. The van der Waals surface area contributed by atoms with Crippen LogP contribution in [0.5, 0.6) is 0 Å². The smallest absolute Gasteiger partial charge is 0.293 e. The van der Waals surface area contributed by atoms with Gasteiger partial charge in [-0.3, -0.25) is 14.5 Å². The molecular weight excluding hydrogens is 382 g/mol. The Balaban J connectivity index is 1.86. The van der Waals surface area contributed by atoms with Crippen molar-refractivity contribution in [2.24, 2.45) is 4.99 Å². The molecule has 0 fully saturated rings. The Kier molecular flexibility index (Phi) is 4.52. The van der Waals surface area contributed by atoms with E-state index in [0.29, 0.717) is 10.6 Å². The molecule has 142 valence electrons. The van der Waals surface area contributed by atoms with Crippen LogP contribution in [-0.4, -0.2) is 46.1 Å². The van der Waals surface area contributed by atoms with Crippen LogP contribution in [0.1, 0.15) is 22.2 Å². The molecule has 2 aliphatic heterocycles. The standard InChI is InChI=1S/C20H16ClN3O4/c1-23-9-4-8-22-20(23)24-16(12-5-2-6-13(21)11-12)15(18(26)19(24)27)17(25)14-7-3-10-28-14/h2-11,16,20,26H,1H3. The normalized spacial score (nSPS) is 21.7. The maximum atomic E-state index is 13.1. The van der Waals surface area contributed by atoms with Crippen molar-refractivity contribution in [3.05, 3.63) is 82.6 Å². The number of hydrogen-bond donors (Lipinski definition) is 1. The molecular formula is C20H16ClN3O4. The average molecular weight is 398 g/mol. The Morgan fingerprint density at radius 3 is 2.79 bits per heavy atom. The second kappa shape index (κ2) is 7.01. The lowest BCUT2D eigenvalue weighted by Crippen LogP contribution is -2.47. The lowest BCUT2D eigenvalue weighted by Gasteiger charge is -2.37. The van der Waals surface area contributed by atoms with Gasteiger partial charge in [0.05, 0.1) is 17.9 Å². The summed E-state index contributed by atoms with van der Waals surface area (Å²) in [6.07, 6.45) is 5.68. The van der Waals surface area contributed by atoms with Gasteiger partial charge in [-0.25, -0.2) is 4.99 Å². The van der Waals surface area contributed by atoms with Crippen LogP contribution in [0.4, 0.5) is 0 Å². The number of benzene rings is 1. The molecule has 0 bridgehead atoms. The molecule has 0 saturated carbocycles. The Hall–Kier alpha value is -3.32. The van der Waals surface area contributed by atoms with Crippen LogP contribution >= 0.6 is 11.6 Å². The van der Waals surface area contributed by atoms with Gasteiger partial charge in [-0.1, -0.05) is 23.7 Å². The number of furan rings is 1. The minimum absolute atomic E-state index is 0.0311. The van der Waals surface area contributed by atoms with E-state index in [4.69, 9.17) is 16.0 Å². The Morgan fingerprint density at radius 2 is 2.11 bits per heavy atom. The van der Waals surface area contributed by atoms with E-state index in [-0.39, 0.29) is 11.3 Å². The topological polar surface area (TPSA) is 86.4 Å². The molecule has 2 aliphatic rings. The molecule has 2 unspecified atom stereocenters. The lowest BCUT2D eigenvalue weighted by atomic mass is 9.95. The van der Waals surface area contributed by atoms with Crippen molar-refractivity contribution in [2.75, 3.05) is 7.05 Å². The van der Waals surface area contributed by atoms with Crippen LogP contribution in [0.3, 0.4) is 0 Å². The van der Waals surface area contributed by atoms with Crippen LogP contribution < -0.4 is 0 Å². The Labute approximate surface area is 165 Å². The van der Waals surface area contributed by atoms with Crippen LogP contribution in [-0.2, 0) is 4.79 Å². The molecule has 0 radical (unpaired) electrons. The number of Topliss-reactive ketones (excluding diaryl/α,β-unsaturated/α-hetero) is 1. The van der Waals surface area contributed by atoms with Gasteiger partial charge in [0.25, 0.3) is 5.91 Å². The number of aliphatic hydroxyl groups excluding tert-OH is 1. The van der Waals surface area contributed by atoms with Gasteiger partial charge in [0.2, 0.25) is 12.1 Å². The molecule has 0 aliphatic carbocycles. The molecule has 1 amide bonds. The number of aliphatic imine (C=N–C) groups is 1. The van der Waals surface area contributed by atoms with Crippen molar-refractivity contribution < 1.29 is 19.1 Å². The van der Waals surface area contributed by atoms with E-state index in [2.05, 4.69) is 4.99 Å². The summed E-state index contributed by atoms with van der Waals surface area (Å²) in [4.78, 5) is 33.4. The Morgan fingerprint density at radius 1 is 1.29 bits per heavy atom. The zero-order valence-electron chi connectivity index (χ0n) is 14.8. The average Bonchev–Trinajstić information content (AvgIpc) is 3.30. The lowest BCUT2D eigenvalue weighted by molar-refractivity contribution is -0.134. The van der Waals surface area contributed by atoms with Crippen molar-refractivity contribution in [3.8, 4) is 0 Å². The quantitative estimate of drug-likeness (QED) is 0.800. The van der Waals surface area contributed by atoms with Crippen molar-refractivity contribution in [2.45, 2.75) is 12.3 Å². The van der Waals surface area contributed by atoms with Crippen molar-refractivity contribution in [1.82, 2.24) is 9.80 Å². The molecule has 7 nitrogen and oxygen atoms in total. The summed E-state index contributed by atoms with van der Waals surface area (Å²) in [6.45, 7) is 0. The van der Waals surface area contributed by atoms with Gasteiger partial charge in [-0.2, -0.15) is 0 Å². The maximum absolute atomic E-state index is 13.1. The summed E-state index contributed by atoms with van der Waals surface area (Å²) >= 11 is 6.15. The van der Waals surface area contributed by atoms with Gasteiger partial charge in [-0.05, 0) is 35.9 Å². The predicted molar refractivity (Wildman–Crippen MR) is 103 cm³/mol. The van der Waals surface area contributed by atoms with Gasteiger partial charge in [0.15, 0.2) is 11.5 Å². The zero-order chi connectivity index (χ0) is 19.8. The summed E-state index contributed by atoms with van der Waals surface area (Å²) in [5.74, 6) is -1.85. The molecule has 0 spiro atoms. The molecule has 2 atom stereocenters. The maximum Gasteiger partial charge on any atom is 0.293 e. The minimum Gasteiger partial charge on any atom is -0.503 e.